The van der Waals surface area contributed by atoms with Crippen LogP contribution in [0.3, 0.4) is 0 Å². The number of hydrogen-bond acceptors (Lipinski definition) is 4. The topological polar surface area (TPSA) is 49.9 Å². The Morgan fingerprint density at radius 3 is 2.48 bits per heavy atom. The van der Waals surface area contributed by atoms with E-state index in [2.05, 4.69) is 36.6 Å². The predicted molar refractivity (Wildman–Crippen MR) is 86.2 cm³/mol. The number of methoxy groups -OCH3 is 1. The Morgan fingerprint density at radius 1 is 1.19 bits per heavy atom. The first-order valence-electron chi connectivity index (χ1n) is 6.54. The van der Waals surface area contributed by atoms with Gasteiger partial charge >= 0.3 is 5.97 Å². The Labute approximate surface area is 140 Å². The van der Waals surface area contributed by atoms with Crippen LogP contribution in [0.25, 0.3) is 0 Å². The summed E-state index contributed by atoms with van der Waals surface area (Å²) in [6.45, 7) is 2.83. The third-order valence-electron chi connectivity index (χ3n) is 3.40. The molecule has 0 aromatic heterocycles. The largest absolute Gasteiger partial charge is 0.468 e. The van der Waals surface area contributed by atoms with E-state index < -0.39 is 0 Å². The van der Waals surface area contributed by atoms with E-state index in [0.29, 0.717) is 31.7 Å². The molecule has 5 nitrogen and oxygen atoms in total. The van der Waals surface area contributed by atoms with E-state index in [1.165, 1.54) is 7.11 Å². The number of rotatable bonds is 3. The molecule has 0 spiro atoms. The van der Waals surface area contributed by atoms with E-state index in [9.17, 15) is 9.59 Å². The third kappa shape index (κ3) is 4.28. The standard InChI is InChI=1S/C14H16Br2N2O3/c1-21-13(19)9-17-4-6-18(7-5-17)14(20)11-8-10(15)2-3-12(11)16/h2-3,8H,4-7,9H2,1H3. The van der Waals surface area contributed by atoms with Gasteiger partial charge in [-0.1, -0.05) is 15.9 Å². The maximum Gasteiger partial charge on any atom is 0.319 e. The van der Waals surface area contributed by atoms with Crippen molar-refractivity contribution in [3.63, 3.8) is 0 Å². The molecule has 1 heterocycles. The van der Waals surface area contributed by atoms with Crippen molar-refractivity contribution in [3.05, 3.63) is 32.7 Å². The van der Waals surface area contributed by atoms with Crippen molar-refractivity contribution < 1.29 is 14.3 Å². The molecule has 1 saturated heterocycles. The average Bonchev–Trinajstić information content (AvgIpc) is 2.49. The van der Waals surface area contributed by atoms with E-state index >= 15 is 0 Å². The fraction of sp³-hybridized carbons (Fsp3) is 0.429. The maximum atomic E-state index is 12.5. The van der Waals surface area contributed by atoms with E-state index in [0.717, 1.165) is 8.95 Å². The van der Waals surface area contributed by atoms with Gasteiger partial charge in [0, 0.05) is 35.1 Å². The van der Waals surface area contributed by atoms with Gasteiger partial charge in [-0.25, -0.2) is 0 Å². The van der Waals surface area contributed by atoms with Gasteiger partial charge in [0.1, 0.15) is 0 Å². The lowest BCUT2D eigenvalue weighted by molar-refractivity contribution is -0.142. The summed E-state index contributed by atoms with van der Waals surface area (Å²) in [6, 6.07) is 5.55. The summed E-state index contributed by atoms with van der Waals surface area (Å²) < 4.78 is 6.31. The smallest absolute Gasteiger partial charge is 0.319 e. The minimum Gasteiger partial charge on any atom is -0.468 e. The molecule has 0 atom stereocenters. The lowest BCUT2D eigenvalue weighted by atomic mass is 10.2. The molecule has 7 heteroatoms. The molecular weight excluding hydrogens is 404 g/mol. The van der Waals surface area contributed by atoms with E-state index in [-0.39, 0.29) is 18.4 Å². The van der Waals surface area contributed by atoms with Crippen molar-refractivity contribution in [3.8, 4) is 0 Å². The molecule has 0 bridgehead atoms. The van der Waals surface area contributed by atoms with Gasteiger partial charge in [-0.2, -0.15) is 0 Å². The number of ether oxygens (including phenoxy) is 1. The summed E-state index contributed by atoms with van der Waals surface area (Å²) in [5, 5.41) is 0. The molecule has 0 aliphatic carbocycles. The number of piperazine rings is 1. The molecule has 1 aromatic rings. The van der Waals surface area contributed by atoms with Crippen LogP contribution in [0, 0.1) is 0 Å². The van der Waals surface area contributed by atoms with Crippen LogP contribution in [0.15, 0.2) is 27.1 Å². The second-order valence-electron chi connectivity index (χ2n) is 4.77. The quantitative estimate of drug-likeness (QED) is 0.704. The molecule has 0 unspecified atom stereocenters. The Bertz CT molecular complexity index is 543. The van der Waals surface area contributed by atoms with Crippen molar-refractivity contribution in [1.82, 2.24) is 9.80 Å². The number of hydrogen-bond donors (Lipinski definition) is 0. The van der Waals surface area contributed by atoms with Gasteiger partial charge in [-0.05, 0) is 34.1 Å². The molecule has 1 aliphatic heterocycles. The SMILES string of the molecule is COC(=O)CN1CCN(C(=O)c2cc(Br)ccc2Br)CC1. The Balaban J connectivity index is 1.97. The van der Waals surface area contributed by atoms with E-state index in [4.69, 9.17) is 0 Å². The van der Waals surface area contributed by atoms with Gasteiger partial charge in [0.2, 0.25) is 0 Å². The molecule has 114 valence electrons. The molecular formula is C14H16Br2N2O3. The van der Waals surface area contributed by atoms with Crippen LogP contribution in [0.4, 0.5) is 0 Å². The van der Waals surface area contributed by atoms with Crippen LogP contribution < -0.4 is 0 Å². The summed E-state index contributed by atoms with van der Waals surface area (Å²) in [4.78, 5) is 27.6. The van der Waals surface area contributed by atoms with Crippen LogP contribution in [0.5, 0.6) is 0 Å². The lowest BCUT2D eigenvalue weighted by Gasteiger charge is -2.34. The molecule has 1 aliphatic rings. The summed E-state index contributed by atoms with van der Waals surface area (Å²) in [7, 11) is 1.38. The Kier molecular flexibility index (Phi) is 5.78. The maximum absolute atomic E-state index is 12.5. The minimum absolute atomic E-state index is 0.000827. The van der Waals surface area contributed by atoms with Crippen LogP contribution in [-0.2, 0) is 9.53 Å². The van der Waals surface area contributed by atoms with Gasteiger partial charge < -0.3 is 9.64 Å². The molecule has 1 aromatic carbocycles. The normalized spacial score (nSPS) is 15.9. The zero-order chi connectivity index (χ0) is 15.4. The van der Waals surface area contributed by atoms with Gasteiger partial charge in [-0.3, -0.25) is 14.5 Å². The Hall–Kier alpha value is -0.920. The molecule has 1 amide bonds. The summed E-state index contributed by atoms with van der Waals surface area (Å²) in [6.07, 6.45) is 0. The first kappa shape index (κ1) is 16.5. The highest BCUT2D eigenvalue weighted by Crippen LogP contribution is 2.23. The monoisotopic (exact) mass is 418 g/mol. The predicted octanol–water partition coefficient (Wildman–Crippen LogP) is 2.14. The second kappa shape index (κ2) is 7.38. The molecule has 0 saturated carbocycles. The first-order valence-corrected chi connectivity index (χ1v) is 8.13. The molecule has 2 rings (SSSR count). The zero-order valence-corrected chi connectivity index (χ0v) is 14.8. The van der Waals surface area contributed by atoms with Crippen LogP contribution in [0.1, 0.15) is 10.4 Å². The number of carbonyl (C=O) groups excluding carboxylic acids is 2. The van der Waals surface area contributed by atoms with Crippen molar-refractivity contribution in [2.24, 2.45) is 0 Å². The van der Waals surface area contributed by atoms with E-state index in [1.54, 1.807) is 4.90 Å². The number of halogens is 2. The van der Waals surface area contributed by atoms with Gasteiger partial charge in [-0.15, -0.1) is 0 Å². The number of benzene rings is 1. The van der Waals surface area contributed by atoms with Crippen molar-refractivity contribution >= 4 is 43.7 Å². The number of amides is 1. The number of esters is 1. The fourth-order valence-electron chi connectivity index (χ4n) is 2.19. The number of carbonyl (C=O) groups is 2. The highest BCUT2D eigenvalue weighted by molar-refractivity contribution is 9.11. The van der Waals surface area contributed by atoms with Gasteiger partial charge in [0.15, 0.2) is 0 Å². The van der Waals surface area contributed by atoms with E-state index in [1.807, 2.05) is 23.1 Å². The summed E-state index contributed by atoms with van der Waals surface area (Å²) in [5.41, 5.74) is 0.644. The van der Waals surface area contributed by atoms with Crippen LogP contribution in [-0.4, -0.2) is 61.5 Å². The fourth-order valence-corrected chi connectivity index (χ4v) is 2.97. The van der Waals surface area contributed by atoms with Crippen LogP contribution in [0.2, 0.25) is 0 Å². The zero-order valence-electron chi connectivity index (χ0n) is 11.6. The first-order chi connectivity index (χ1) is 10.0. The lowest BCUT2D eigenvalue weighted by Crippen LogP contribution is -2.50. The highest BCUT2D eigenvalue weighted by Gasteiger charge is 2.24. The average molecular weight is 420 g/mol. The van der Waals surface area contributed by atoms with Gasteiger partial charge in [0.25, 0.3) is 5.91 Å². The molecule has 1 fully saturated rings. The minimum atomic E-state index is -0.246. The van der Waals surface area contributed by atoms with Crippen LogP contribution >= 0.6 is 31.9 Å². The Morgan fingerprint density at radius 2 is 1.86 bits per heavy atom. The molecule has 0 radical (unpaired) electrons. The van der Waals surface area contributed by atoms with Gasteiger partial charge in [0.05, 0.1) is 19.2 Å². The molecule has 21 heavy (non-hydrogen) atoms. The summed E-state index contributed by atoms with van der Waals surface area (Å²) >= 11 is 6.79. The second-order valence-corrected chi connectivity index (χ2v) is 6.54. The highest BCUT2D eigenvalue weighted by atomic mass is 79.9. The summed E-state index contributed by atoms with van der Waals surface area (Å²) in [5.74, 6) is -0.245. The number of nitrogens with zero attached hydrogens (tertiary/aromatic N) is 2. The van der Waals surface area contributed by atoms with Crippen molar-refractivity contribution in [1.29, 1.82) is 0 Å². The van der Waals surface area contributed by atoms with Crippen molar-refractivity contribution in [2.45, 2.75) is 0 Å². The van der Waals surface area contributed by atoms with Crippen molar-refractivity contribution in [2.75, 3.05) is 39.8 Å². The molecule has 0 N–H and O–H groups in total. The third-order valence-corrected chi connectivity index (χ3v) is 4.58.